The number of aromatic nitrogens is 2. The number of ketones is 2. The molecule has 9 nitrogen and oxygen atoms in total. The number of rotatable bonds is 7. The number of carbonyl (C=O) groups is 2. The molecule has 3 N–H and O–H groups in total. The molecule has 0 saturated carbocycles. The van der Waals surface area contributed by atoms with Crippen LogP contribution in [0.5, 0.6) is 0 Å². The highest BCUT2D eigenvalue weighted by atomic mass is 31.2. The van der Waals surface area contributed by atoms with E-state index in [2.05, 4.69) is 6.30 Å². The minimum absolute atomic E-state index is 0.386. The summed E-state index contributed by atoms with van der Waals surface area (Å²) in [5.41, 5.74) is -2.19. The molecule has 1 aliphatic rings. The molecule has 0 amide bonds. The number of hydrogen-bond acceptors (Lipinski definition) is 7. The number of nitrogens with one attached hydrogen (secondary N) is 1. The molecule has 27 heavy (non-hydrogen) atoms. The maximum absolute atomic E-state index is 12.2. The summed E-state index contributed by atoms with van der Waals surface area (Å²) in [4.78, 5) is 49.2. The van der Waals surface area contributed by atoms with Crippen LogP contribution in [0, 0.1) is 0 Å². The van der Waals surface area contributed by atoms with Crippen molar-refractivity contribution in [2.75, 3.05) is 19.5 Å². The third-order valence-corrected chi connectivity index (χ3v) is 5.78. The summed E-state index contributed by atoms with van der Waals surface area (Å²) >= 11 is 0. The number of Topliss-reactive ketones (excluding diaryl/α,β-unsaturated/α-hetero) is 2. The van der Waals surface area contributed by atoms with Crippen molar-refractivity contribution < 1.29 is 24.5 Å². The van der Waals surface area contributed by atoms with Crippen molar-refractivity contribution in [2.24, 2.45) is 0 Å². The lowest BCUT2D eigenvalue weighted by Crippen LogP contribution is -2.39. The highest BCUT2D eigenvalue weighted by Crippen LogP contribution is 2.39. The quantitative estimate of drug-likeness (QED) is 0.316. The molecule has 1 saturated heterocycles. The van der Waals surface area contributed by atoms with Crippen LogP contribution in [-0.2, 0) is 9.53 Å². The summed E-state index contributed by atoms with van der Waals surface area (Å²) < 4.78 is 6.52. The lowest BCUT2D eigenvalue weighted by atomic mass is 10.1. The van der Waals surface area contributed by atoms with Crippen molar-refractivity contribution in [1.29, 1.82) is 0 Å². The normalized spacial score (nSPS) is 25.5. The molecule has 4 atom stereocenters. The van der Waals surface area contributed by atoms with E-state index in [4.69, 9.17) is 4.74 Å². The fraction of sp³-hybridized carbons (Fsp3) is 0.588. The lowest BCUT2D eigenvalue weighted by molar-refractivity contribution is -0.116. The van der Waals surface area contributed by atoms with E-state index in [1.54, 1.807) is 0 Å². The van der Waals surface area contributed by atoms with Crippen LogP contribution in [0.25, 0.3) is 0 Å². The summed E-state index contributed by atoms with van der Waals surface area (Å²) in [6, 6.07) is 0. The van der Waals surface area contributed by atoms with E-state index in [-0.39, 0.29) is 5.56 Å². The molecule has 1 aromatic rings. The number of hydrogen-bond donors (Lipinski definition) is 3. The number of aliphatic hydroxyl groups is 2. The average molecular weight is 400 g/mol. The standard InChI is InChI=1S/C17H25N2O7P/c1-9(20)7-11(21)10-8-19(17(25)18-15(10)24)16-14(23)13(22)12(26-16)5-6-27(2,3)4/h8,12-14,16,22-23H,2,5-7H2,1,3-4H3,(H,18,24,25)/t12-,13-,14-,16?/m1/s1. The van der Waals surface area contributed by atoms with E-state index < -0.39 is 60.7 Å². The van der Waals surface area contributed by atoms with Gasteiger partial charge in [0, 0.05) is 6.20 Å². The number of carbonyl (C=O) groups excluding carboxylic acids is 2. The van der Waals surface area contributed by atoms with Gasteiger partial charge in [-0.3, -0.25) is 23.9 Å². The molecular weight excluding hydrogens is 375 g/mol. The van der Waals surface area contributed by atoms with Gasteiger partial charge >= 0.3 is 5.69 Å². The number of aromatic amines is 1. The van der Waals surface area contributed by atoms with E-state index in [0.29, 0.717) is 6.42 Å². The van der Waals surface area contributed by atoms with E-state index in [1.165, 1.54) is 6.92 Å². The van der Waals surface area contributed by atoms with Gasteiger partial charge in [0.05, 0.1) is 18.1 Å². The number of aliphatic hydroxyl groups excluding tert-OH is 2. The molecule has 0 aromatic carbocycles. The van der Waals surface area contributed by atoms with E-state index in [9.17, 15) is 29.4 Å². The van der Waals surface area contributed by atoms with Crippen LogP contribution in [0.15, 0.2) is 15.8 Å². The summed E-state index contributed by atoms with van der Waals surface area (Å²) in [6.07, 6.45) is 1.13. The third kappa shape index (κ3) is 5.13. The van der Waals surface area contributed by atoms with Gasteiger partial charge < -0.3 is 14.9 Å². The third-order valence-electron chi connectivity index (χ3n) is 4.31. The molecule has 0 bridgehead atoms. The molecule has 0 radical (unpaired) electrons. The Hall–Kier alpha value is -1.80. The topological polar surface area (TPSA) is 139 Å². The molecule has 0 aliphatic carbocycles. The number of ether oxygens (including phenoxy) is 1. The van der Waals surface area contributed by atoms with Gasteiger partial charge in [0.2, 0.25) is 0 Å². The van der Waals surface area contributed by atoms with Crippen molar-refractivity contribution in [1.82, 2.24) is 9.55 Å². The predicted molar refractivity (Wildman–Crippen MR) is 102 cm³/mol. The Bertz CT molecular complexity index is 897. The summed E-state index contributed by atoms with van der Waals surface area (Å²) in [5, 5.41) is 20.6. The molecule has 150 valence electrons. The van der Waals surface area contributed by atoms with Gasteiger partial charge in [-0.25, -0.2) is 4.79 Å². The van der Waals surface area contributed by atoms with Crippen LogP contribution < -0.4 is 11.2 Å². The molecule has 2 rings (SSSR count). The first-order valence-corrected chi connectivity index (χ1v) is 11.5. The number of H-pyrrole nitrogens is 1. The van der Waals surface area contributed by atoms with Gasteiger partial charge in [-0.1, -0.05) is 0 Å². The van der Waals surface area contributed by atoms with Crippen LogP contribution in [0.2, 0.25) is 0 Å². The zero-order valence-electron chi connectivity index (χ0n) is 15.5. The minimum Gasteiger partial charge on any atom is -0.388 e. The van der Waals surface area contributed by atoms with E-state index >= 15 is 0 Å². The zero-order chi connectivity index (χ0) is 20.5. The first-order chi connectivity index (χ1) is 12.4. The first-order valence-electron chi connectivity index (χ1n) is 8.48. The minimum atomic E-state index is -1.42. The monoisotopic (exact) mass is 400 g/mol. The lowest BCUT2D eigenvalue weighted by Gasteiger charge is -2.19. The molecule has 1 unspecified atom stereocenters. The maximum atomic E-state index is 12.2. The highest BCUT2D eigenvalue weighted by Gasteiger charge is 2.44. The predicted octanol–water partition coefficient (Wildman–Crippen LogP) is -0.583. The van der Waals surface area contributed by atoms with Crippen molar-refractivity contribution in [3.63, 3.8) is 0 Å². The van der Waals surface area contributed by atoms with Gasteiger partial charge in [-0.2, -0.15) is 0 Å². The van der Waals surface area contributed by atoms with Crippen molar-refractivity contribution in [3.05, 3.63) is 32.6 Å². The molecular formula is C17H25N2O7P. The fourth-order valence-corrected chi connectivity index (χ4v) is 3.82. The van der Waals surface area contributed by atoms with Gasteiger partial charge in [-0.05, 0) is 32.8 Å². The van der Waals surface area contributed by atoms with E-state index in [0.717, 1.165) is 16.9 Å². The Morgan fingerprint density at radius 3 is 2.48 bits per heavy atom. The molecule has 1 aromatic heterocycles. The molecule has 0 spiro atoms. The molecule has 10 heteroatoms. The first kappa shape index (κ1) is 21.5. The van der Waals surface area contributed by atoms with Crippen LogP contribution in [0.4, 0.5) is 0 Å². The van der Waals surface area contributed by atoms with Gasteiger partial charge in [0.25, 0.3) is 5.56 Å². The van der Waals surface area contributed by atoms with Crippen LogP contribution in [-0.4, -0.2) is 75.4 Å². The second-order valence-electron chi connectivity index (χ2n) is 7.51. The van der Waals surface area contributed by atoms with Crippen LogP contribution in [0.1, 0.15) is 36.4 Å². The smallest absolute Gasteiger partial charge is 0.330 e. The summed E-state index contributed by atoms with van der Waals surface area (Å²) in [6.45, 7) is 3.89. The van der Waals surface area contributed by atoms with Crippen molar-refractivity contribution in [3.8, 4) is 0 Å². The molecule has 1 aliphatic heterocycles. The van der Waals surface area contributed by atoms with Crippen LogP contribution in [0.3, 0.4) is 0 Å². The average Bonchev–Trinajstić information content (AvgIpc) is 2.80. The summed E-state index contributed by atoms with van der Waals surface area (Å²) in [7, 11) is 0. The Labute approximate surface area is 156 Å². The van der Waals surface area contributed by atoms with E-state index in [1.807, 2.05) is 18.3 Å². The second-order valence-corrected chi connectivity index (χ2v) is 11.8. The van der Waals surface area contributed by atoms with Crippen molar-refractivity contribution >= 4 is 24.8 Å². The molecule has 1 fully saturated rings. The summed E-state index contributed by atoms with van der Waals surface area (Å²) in [5.74, 6) is -1.17. The van der Waals surface area contributed by atoms with Gasteiger partial charge in [-0.15, -0.1) is 13.2 Å². The Morgan fingerprint density at radius 2 is 1.93 bits per heavy atom. The SMILES string of the molecule is C=P(C)(C)CC[C@H]1OC(n2cc(C(=O)CC(C)=O)c(=O)[nH]c2=O)[C@H](O)[C@@H]1O. The number of nitrogens with zero attached hydrogens (tertiary/aromatic N) is 1. The van der Waals surface area contributed by atoms with Gasteiger partial charge in [0.1, 0.15) is 18.0 Å². The van der Waals surface area contributed by atoms with Crippen molar-refractivity contribution in [2.45, 2.75) is 44.3 Å². The van der Waals surface area contributed by atoms with Gasteiger partial charge in [0.15, 0.2) is 12.0 Å². The van der Waals surface area contributed by atoms with Crippen LogP contribution >= 0.6 is 6.89 Å². The largest absolute Gasteiger partial charge is 0.388 e. The highest BCUT2D eigenvalue weighted by molar-refractivity contribution is 7.72. The fourth-order valence-electron chi connectivity index (χ4n) is 2.87. The Kier molecular flexibility index (Phi) is 6.42. The Balaban J connectivity index is 2.33. The zero-order valence-corrected chi connectivity index (χ0v) is 16.4. The maximum Gasteiger partial charge on any atom is 0.330 e. The Morgan fingerprint density at radius 1 is 1.30 bits per heavy atom. The molecule has 2 heterocycles. The second kappa shape index (κ2) is 8.06.